The van der Waals surface area contributed by atoms with E-state index in [-0.39, 0.29) is 0 Å². The Bertz CT molecular complexity index is 336. The number of hydrogen-bond donors (Lipinski definition) is 2. The highest BCUT2D eigenvalue weighted by molar-refractivity contribution is 5.48. The predicted octanol–water partition coefficient (Wildman–Crippen LogP) is 1.66. The minimum atomic E-state index is 0.441. The highest BCUT2D eigenvalue weighted by Crippen LogP contribution is 2.33. The quantitative estimate of drug-likeness (QED) is 0.717. The Kier molecular flexibility index (Phi) is 2.70. The fourth-order valence-corrected chi connectivity index (χ4v) is 2.16. The zero-order valence-electron chi connectivity index (χ0n) is 8.34. The fourth-order valence-electron chi connectivity index (χ4n) is 2.16. The maximum atomic E-state index is 8.68. The molecule has 0 aromatic heterocycles. The Morgan fingerprint density at radius 2 is 2.29 bits per heavy atom. The minimum absolute atomic E-state index is 0.441. The maximum Gasteiger partial charge on any atom is 0.126 e. The van der Waals surface area contributed by atoms with E-state index in [1.165, 1.54) is 17.5 Å². The molecule has 2 N–H and O–H groups in total. The van der Waals surface area contributed by atoms with Crippen LogP contribution in [0.3, 0.4) is 0 Å². The van der Waals surface area contributed by atoms with Crippen molar-refractivity contribution < 1.29 is 9.94 Å². The van der Waals surface area contributed by atoms with Crippen LogP contribution in [0, 0.1) is 0 Å². The molecule has 14 heavy (non-hydrogen) atoms. The minimum Gasteiger partial charge on any atom is -0.496 e. The molecule has 0 saturated heterocycles. The first-order valence-corrected chi connectivity index (χ1v) is 4.91. The Morgan fingerprint density at radius 1 is 1.43 bits per heavy atom. The van der Waals surface area contributed by atoms with Crippen molar-refractivity contribution in [1.29, 1.82) is 0 Å². The fraction of sp³-hybridized carbons (Fsp3) is 0.455. The second-order valence-electron chi connectivity index (χ2n) is 3.58. The monoisotopic (exact) mass is 193 g/mol. The standard InChI is InChI=1S/C11H15NO2/c1-14-11-9(7-12-13)6-5-8-3-2-4-10(8)11/h5-6,12-13H,2-4,7H2,1H3. The SMILES string of the molecule is COc1c(CNO)ccc2c1CCC2. The number of nitrogens with one attached hydrogen (secondary N) is 1. The molecular formula is C11H15NO2. The smallest absolute Gasteiger partial charge is 0.126 e. The van der Waals surface area contributed by atoms with Crippen LogP contribution in [-0.2, 0) is 19.4 Å². The van der Waals surface area contributed by atoms with E-state index >= 15 is 0 Å². The average molecular weight is 193 g/mol. The van der Waals surface area contributed by atoms with Gasteiger partial charge in [0.05, 0.1) is 7.11 Å². The first-order valence-electron chi connectivity index (χ1n) is 4.91. The number of ether oxygens (including phenoxy) is 1. The number of hydroxylamine groups is 1. The van der Waals surface area contributed by atoms with Gasteiger partial charge < -0.3 is 9.94 Å². The van der Waals surface area contributed by atoms with Crippen molar-refractivity contribution in [2.24, 2.45) is 0 Å². The maximum absolute atomic E-state index is 8.68. The van der Waals surface area contributed by atoms with Gasteiger partial charge in [0.2, 0.25) is 0 Å². The molecule has 0 aliphatic heterocycles. The Hall–Kier alpha value is -1.06. The van der Waals surface area contributed by atoms with Gasteiger partial charge in [0.15, 0.2) is 0 Å². The van der Waals surface area contributed by atoms with E-state index in [1.54, 1.807) is 7.11 Å². The van der Waals surface area contributed by atoms with Crippen LogP contribution in [0.2, 0.25) is 0 Å². The van der Waals surface area contributed by atoms with Crippen LogP contribution in [0.4, 0.5) is 0 Å². The average Bonchev–Trinajstić information content (AvgIpc) is 2.66. The van der Waals surface area contributed by atoms with E-state index in [4.69, 9.17) is 9.94 Å². The summed E-state index contributed by atoms with van der Waals surface area (Å²) < 4.78 is 5.39. The van der Waals surface area contributed by atoms with Gasteiger partial charge in [-0.25, -0.2) is 5.48 Å². The molecule has 0 unspecified atom stereocenters. The molecule has 1 aliphatic carbocycles. The van der Waals surface area contributed by atoms with Crippen molar-refractivity contribution in [1.82, 2.24) is 5.48 Å². The molecule has 0 fully saturated rings. The zero-order valence-corrected chi connectivity index (χ0v) is 8.34. The van der Waals surface area contributed by atoms with Gasteiger partial charge in [-0.1, -0.05) is 12.1 Å². The summed E-state index contributed by atoms with van der Waals surface area (Å²) >= 11 is 0. The van der Waals surface area contributed by atoms with Gasteiger partial charge in [-0.2, -0.15) is 0 Å². The van der Waals surface area contributed by atoms with Crippen molar-refractivity contribution >= 4 is 0 Å². The van der Waals surface area contributed by atoms with Crippen LogP contribution in [0.5, 0.6) is 5.75 Å². The van der Waals surface area contributed by atoms with Gasteiger partial charge in [-0.05, 0) is 30.4 Å². The second kappa shape index (κ2) is 3.98. The summed E-state index contributed by atoms with van der Waals surface area (Å²) in [7, 11) is 1.69. The van der Waals surface area contributed by atoms with Gasteiger partial charge in [0.25, 0.3) is 0 Å². The number of rotatable bonds is 3. The molecule has 0 amide bonds. The van der Waals surface area contributed by atoms with Gasteiger partial charge >= 0.3 is 0 Å². The second-order valence-corrected chi connectivity index (χ2v) is 3.58. The molecule has 3 nitrogen and oxygen atoms in total. The van der Waals surface area contributed by atoms with Crippen LogP contribution >= 0.6 is 0 Å². The zero-order chi connectivity index (χ0) is 9.97. The summed E-state index contributed by atoms with van der Waals surface area (Å²) in [6.07, 6.45) is 3.46. The molecule has 0 bridgehead atoms. The van der Waals surface area contributed by atoms with E-state index in [0.717, 1.165) is 24.2 Å². The molecule has 0 atom stereocenters. The third-order valence-corrected chi connectivity index (χ3v) is 2.79. The topological polar surface area (TPSA) is 41.5 Å². The van der Waals surface area contributed by atoms with Crippen molar-refractivity contribution in [2.45, 2.75) is 25.8 Å². The van der Waals surface area contributed by atoms with Crippen molar-refractivity contribution in [3.8, 4) is 5.75 Å². The summed E-state index contributed by atoms with van der Waals surface area (Å²) in [6.45, 7) is 0.441. The lowest BCUT2D eigenvalue weighted by molar-refractivity contribution is 0.160. The Morgan fingerprint density at radius 3 is 3.00 bits per heavy atom. The van der Waals surface area contributed by atoms with Crippen molar-refractivity contribution in [3.63, 3.8) is 0 Å². The first-order chi connectivity index (χ1) is 6.86. The normalized spacial score (nSPS) is 14.1. The summed E-state index contributed by atoms with van der Waals surface area (Å²) in [5.41, 5.74) is 5.91. The lowest BCUT2D eigenvalue weighted by Gasteiger charge is -2.12. The summed E-state index contributed by atoms with van der Waals surface area (Å²) in [5, 5.41) is 8.68. The highest BCUT2D eigenvalue weighted by Gasteiger charge is 2.17. The number of methoxy groups -OCH3 is 1. The molecule has 76 valence electrons. The molecule has 1 aliphatic rings. The lowest BCUT2D eigenvalue weighted by atomic mass is 10.0. The molecule has 1 aromatic carbocycles. The Balaban J connectivity index is 2.43. The molecular weight excluding hydrogens is 178 g/mol. The Labute approximate surface area is 83.7 Å². The molecule has 0 saturated carbocycles. The number of hydrogen-bond acceptors (Lipinski definition) is 3. The van der Waals surface area contributed by atoms with E-state index in [2.05, 4.69) is 11.5 Å². The van der Waals surface area contributed by atoms with Gasteiger partial charge in [0.1, 0.15) is 5.75 Å². The van der Waals surface area contributed by atoms with Crippen LogP contribution < -0.4 is 10.2 Å². The number of aryl methyl sites for hydroxylation is 1. The van der Waals surface area contributed by atoms with Crippen LogP contribution in [0.25, 0.3) is 0 Å². The molecule has 0 radical (unpaired) electrons. The van der Waals surface area contributed by atoms with E-state index in [1.807, 2.05) is 6.07 Å². The summed E-state index contributed by atoms with van der Waals surface area (Å²) in [4.78, 5) is 0. The number of benzene rings is 1. The summed E-state index contributed by atoms with van der Waals surface area (Å²) in [6, 6.07) is 4.16. The van der Waals surface area contributed by atoms with Gasteiger partial charge in [0, 0.05) is 12.1 Å². The molecule has 1 aromatic rings. The van der Waals surface area contributed by atoms with E-state index in [0.29, 0.717) is 6.54 Å². The third kappa shape index (κ3) is 1.49. The molecule has 0 heterocycles. The van der Waals surface area contributed by atoms with Gasteiger partial charge in [-0.15, -0.1) is 0 Å². The largest absolute Gasteiger partial charge is 0.496 e. The number of fused-ring (bicyclic) bond motifs is 1. The van der Waals surface area contributed by atoms with Crippen molar-refractivity contribution in [3.05, 3.63) is 28.8 Å². The molecule has 2 rings (SSSR count). The molecule has 3 heteroatoms. The predicted molar refractivity (Wildman–Crippen MR) is 53.6 cm³/mol. The van der Waals surface area contributed by atoms with Crippen molar-refractivity contribution in [2.75, 3.05) is 7.11 Å². The van der Waals surface area contributed by atoms with Crippen LogP contribution in [-0.4, -0.2) is 12.3 Å². The van der Waals surface area contributed by atoms with E-state index < -0.39 is 0 Å². The van der Waals surface area contributed by atoms with Gasteiger partial charge in [-0.3, -0.25) is 0 Å². The summed E-state index contributed by atoms with van der Waals surface area (Å²) in [5.74, 6) is 0.946. The van der Waals surface area contributed by atoms with Crippen LogP contribution in [0.15, 0.2) is 12.1 Å². The van der Waals surface area contributed by atoms with Crippen LogP contribution in [0.1, 0.15) is 23.1 Å². The third-order valence-electron chi connectivity index (χ3n) is 2.79. The highest BCUT2D eigenvalue weighted by atomic mass is 16.5. The van der Waals surface area contributed by atoms with E-state index in [9.17, 15) is 0 Å². The first kappa shape index (κ1) is 9.49. The molecule has 0 spiro atoms. The lowest BCUT2D eigenvalue weighted by Crippen LogP contribution is -2.08.